The maximum Gasteiger partial charge on any atom is 0.336 e. The third-order valence-electron chi connectivity index (χ3n) is 5.74. The van der Waals surface area contributed by atoms with E-state index in [1.807, 2.05) is 18.4 Å². The molecule has 10 heteroatoms. The van der Waals surface area contributed by atoms with E-state index in [2.05, 4.69) is 5.32 Å². The van der Waals surface area contributed by atoms with Gasteiger partial charge in [0.15, 0.2) is 0 Å². The van der Waals surface area contributed by atoms with Crippen molar-refractivity contribution in [2.75, 3.05) is 4.90 Å². The van der Waals surface area contributed by atoms with E-state index in [0.29, 0.717) is 16.9 Å². The number of aryl methyl sites for hydroxylation is 2. The number of hydrogen-bond acceptors (Lipinski definition) is 4. The molecule has 1 aliphatic heterocycles. The third-order valence-corrected chi connectivity index (χ3v) is 6.55. The highest BCUT2D eigenvalue weighted by Gasteiger charge is 2.38. The number of imide groups is 2. The van der Waals surface area contributed by atoms with Crippen LogP contribution in [0.4, 0.5) is 10.5 Å². The number of nitrogens with one attached hydrogen (secondary N) is 1. The highest BCUT2D eigenvalue weighted by atomic mass is 35.5. The van der Waals surface area contributed by atoms with Crippen molar-refractivity contribution in [1.82, 2.24) is 9.88 Å². The monoisotopic (exact) mass is 511 g/mol. The minimum Gasteiger partial charge on any atom is -0.478 e. The Morgan fingerprint density at radius 3 is 2.40 bits per heavy atom. The number of carboxylic acid groups (broad SMARTS) is 1. The van der Waals surface area contributed by atoms with Crippen molar-refractivity contribution in [3.8, 4) is 5.69 Å². The number of nitrogens with zero attached hydrogens (tertiary/aromatic N) is 2. The standard InChI is InChI=1S/C25H19Cl2N3O5/c1-12-7-8-15(24(33)34)11-20(12)29-13(2)9-16(14(29)3)10-17-22(31)28-25(35)30(23(17)32)19-6-4-5-18(26)21(19)27/h4-11H,1-3H3,(H,33,34)(H,28,31,35)/b17-10+. The number of amides is 4. The van der Waals surface area contributed by atoms with E-state index in [0.717, 1.165) is 16.2 Å². The van der Waals surface area contributed by atoms with Gasteiger partial charge in [0.1, 0.15) is 5.57 Å². The minimum absolute atomic E-state index is 0.00155. The Balaban J connectivity index is 1.81. The van der Waals surface area contributed by atoms with Gasteiger partial charge in [0, 0.05) is 17.1 Å². The molecule has 1 fully saturated rings. The second kappa shape index (κ2) is 9.05. The fraction of sp³-hybridized carbons (Fsp3) is 0.120. The van der Waals surface area contributed by atoms with Crippen LogP contribution in [0.2, 0.25) is 10.0 Å². The number of urea groups is 1. The lowest BCUT2D eigenvalue weighted by Crippen LogP contribution is -2.54. The summed E-state index contributed by atoms with van der Waals surface area (Å²) in [6.45, 7) is 5.47. The van der Waals surface area contributed by atoms with Crippen LogP contribution in [-0.2, 0) is 9.59 Å². The molecule has 178 valence electrons. The van der Waals surface area contributed by atoms with Crippen LogP contribution < -0.4 is 10.2 Å². The molecule has 2 N–H and O–H groups in total. The lowest BCUT2D eigenvalue weighted by atomic mass is 10.1. The molecule has 0 spiro atoms. The largest absolute Gasteiger partial charge is 0.478 e. The van der Waals surface area contributed by atoms with Crippen LogP contribution in [0.5, 0.6) is 0 Å². The van der Waals surface area contributed by atoms with Crippen LogP contribution in [-0.4, -0.2) is 33.5 Å². The summed E-state index contributed by atoms with van der Waals surface area (Å²) in [5, 5.41) is 11.7. The van der Waals surface area contributed by atoms with E-state index in [-0.39, 0.29) is 26.9 Å². The summed E-state index contributed by atoms with van der Waals surface area (Å²) in [5.74, 6) is -2.75. The molecular formula is C25H19Cl2N3O5. The average Bonchev–Trinajstić information content (AvgIpc) is 3.07. The first-order valence-electron chi connectivity index (χ1n) is 10.4. The van der Waals surface area contributed by atoms with Crippen LogP contribution in [0.15, 0.2) is 48.0 Å². The number of carbonyl (C=O) groups is 4. The first-order valence-corrected chi connectivity index (χ1v) is 11.2. The van der Waals surface area contributed by atoms with Gasteiger partial charge in [-0.05, 0) is 68.3 Å². The predicted molar refractivity (Wildman–Crippen MR) is 132 cm³/mol. The SMILES string of the molecule is Cc1ccc(C(=O)O)cc1-n1c(C)cc(/C=C2\C(=O)NC(=O)N(c3cccc(Cl)c3Cl)C2=O)c1C. The number of halogens is 2. The van der Waals surface area contributed by atoms with Crippen molar-refractivity contribution in [2.45, 2.75) is 20.8 Å². The second-order valence-electron chi connectivity index (χ2n) is 8.00. The van der Waals surface area contributed by atoms with Gasteiger partial charge < -0.3 is 9.67 Å². The highest BCUT2D eigenvalue weighted by Crippen LogP contribution is 2.34. The minimum atomic E-state index is -1.05. The number of carbonyl (C=O) groups excluding carboxylic acids is 3. The zero-order valence-corrected chi connectivity index (χ0v) is 20.4. The van der Waals surface area contributed by atoms with Crippen molar-refractivity contribution in [3.63, 3.8) is 0 Å². The van der Waals surface area contributed by atoms with Gasteiger partial charge in [0.05, 0.1) is 21.3 Å². The number of anilines is 1. The number of aromatic carboxylic acids is 1. The van der Waals surface area contributed by atoms with E-state index in [9.17, 15) is 24.3 Å². The molecule has 0 atom stereocenters. The van der Waals surface area contributed by atoms with Gasteiger partial charge in [-0.2, -0.15) is 0 Å². The van der Waals surface area contributed by atoms with E-state index in [1.165, 1.54) is 30.3 Å². The van der Waals surface area contributed by atoms with Gasteiger partial charge in [-0.3, -0.25) is 14.9 Å². The number of carboxylic acids is 1. The number of aromatic nitrogens is 1. The molecule has 8 nitrogen and oxygen atoms in total. The quantitative estimate of drug-likeness (QED) is 0.375. The predicted octanol–water partition coefficient (Wildman–Crippen LogP) is 5.07. The average molecular weight is 512 g/mol. The van der Waals surface area contributed by atoms with Crippen LogP contribution >= 0.6 is 23.2 Å². The van der Waals surface area contributed by atoms with Crippen molar-refractivity contribution in [1.29, 1.82) is 0 Å². The van der Waals surface area contributed by atoms with E-state index >= 15 is 0 Å². The molecule has 1 aromatic heterocycles. The van der Waals surface area contributed by atoms with E-state index in [1.54, 1.807) is 25.1 Å². The van der Waals surface area contributed by atoms with E-state index in [4.69, 9.17) is 23.2 Å². The van der Waals surface area contributed by atoms with Gasteiger partial charge in [-0.15, -0.1) is 0 Å². The normalized spacial score (nSPS) is 15.1. The van der Waals surface area contributed by atoms with Crippen molar-refractivity contribution < 1.29 is 24.3 Å². The zero-order chi connectivity index (χ0) is 25.6. The first kappa shape index (κ1) is 24.3. The zero-order valence-electron chi connectivity index (χ0n) is 18.8. The first-order chi connectivity index (χ1) is 16.5. The topological polar surface area (TPSA) is 109 Å². The smallest absolute Gasteiger partial charge is 0.336 e. The van der Waals surface area contributed by atoms with Crippen LogP contribution in [0, 0.1) is 20.8 Å². The summed E-state index contributed by atoms with van der Waals surface area (Å²) in [6.07, 6.45) is 1.39. The Labute approximate surface area is 210 Å². The lowest BCUT2D eigenvalue weighted by molar-refractivity contribution is -0.122. The molecule has 0 bridgehead atoms. The van der Waals surface area contributed by atoms with Gasteiger partial charge >= 0.3 is 12.0 Å². The molecule has 2 heterocycles. The molecule has 0 aliphatic carbocycles. The van der Waals surface area contributed by atoms with Crippen molar-refractivity contribution in [3.05, 3.63) is 86.2 Å². The Morgan fingerprint density at radius 2 is 1.71 bits per heavy atom. The summed E-state index contributed by atoms with van der Waals surface area (Å²) in [5.41, 5.74) is 3.39. The molecule has 1 saturated heterocycles. The molecule has 2 aromatic carbocycles. The van der Waals surface area contributed by atoms with Crippen LogP contribution in [0.1, 0.15) is 32.9 Å². The maximum absolute atomic E-state index is 13.3. The molecule has 0 radical (unpaired) electrons. The molecule has 4 rings (SSSR count). The fourth-order valence-corrected chi connectivity index (χ4v) is 4.36. The Kier molecular flexibility index (Phi) is 6.27. The highest BCUT2D eigenvalue weighted by molar-refractivity contribution is 6.46. The lowest BCUT2D eigenvalue weighted by Gasteiger charge is -2.27. The second-order valence-corrected chi connectivity index (χ2v) is 8.78. The summed E-state index contributed by atoms with van der Waals surface area (Å²) >= 11 is 12.3. The summed E-state index contributed by atoms with van der Waals surface area (Å²) in [4.78, 5) is 50.6. The number of hydrogen-bond donors (Lipinski definition) is 2. The van der Waals surface area contributed by atoms with Crippen LogP contribution in [0.3, 0.4) is 0 Å². The third kappa shape index (κ3) is 4.22. The van der Waals surface area contributed by atoms with Crippen molar-refractivity contribution >= 4 is 58.8 Å². The molecule has 1 aliphatic rings. The Morgan fingerprint density at radius 1 is 1.00 bits per heavy atom. The summed E-state index contributed by atoms with van der Waals surface area (Å²) < 4.78 is 1.84. The molecule has 4 amide bonds. The molecule has 0 saturated carbocycles. The van der Waals surface area contributed by atoms with Gasteiger partial charge in [0.2, 0.25) is 0 Å². The summed E-state index contributed by atoms with van der Waals surface area (Å²) in [7, 11) is 0. The molecule has 35 heavy (non-hydrogen) atoms. The molecule has 3 aromatic rings. The fourth-order valence-electron chi connectivity index (χ4n) is 3.98. The maximum atomic E-state index is 13.3. The van der Waals surface area contributed by atoms with Crippen molar-refractivity contribution in [2.24, 2.45) is 0 Å². The Hall–Kier alpha value is -3.88. The Bertz CT molecular complexity index is 1470. The van der Waals surface area contributed by atoms with Gasteiger partial charge in [0.25, 0.3) is 11.8 Å². The number of rotatable bonds is 4. The number of benzene rings is 2. The molecular weight excluding hydrogens is 493 g/mol. The van der Waals surface area contributed by atoms with Gasteiger partial charge in [-0.25, -0.2) is 14.5 Å². The summed E-state index contributed by atoms with van der Waals surface area (Å²) in [6, 6.07) is 10.1. The van der Waals surface area contributed by atoms with E-state index < -0.39 is 23.8 Å². The van der Waals surface area contributed by atoms with Crippen LogP contribution in [0.25, 0.3) is 11.8 Å². The number of barbiturate groups is 1. The molecule has 0 unspecified atom stereocenters. The van der Waals surface area contributed by atoms with Gasteiger partial charge in [-0.1, -0.05) is 35.3 Å².